The first kappa shape index (κ1) is 11.9. The molecule has 3 heteroatoms. The Balaban J connectivity index is 2.22. The van der Waals surface area contributed by atoms with Gasteiger partial charge in [0.15, 0.2) is 0 Å². The van der Waals surface area contributed by atoms with Crippen molar-refractivity contribution < 1.29 is 4.79 Å². The molecule has 1 N–H and O–H groups in total. The molecular weight excluding hydrogens is 212 g/mol. The van der Waals surface area contributed by atoms with E-state index >= 15 is 0 Å². The molecule has 2 aromatic rings. The SMILES string of the molecule is CC(=O)C(C)NCc1cn(C)c2ccccc12. The van der Waals surface area contributed by atoms with Crippen molar-refractivity contribution >= 4 is 16.7 Å². The van der Waals surface area contributed by atoms with Crippen LogP contribution in [-0.2, 0) is 18.4 Å². The molecule has 3 nitrogen and oxygen atoms in total. The molecule has 0 radical (unpaired) electrons. The van der Waals surface area contributed by atoms with Crippen LogP contribution in [0.1, 0.15) is 19.4 Å². The Hall–Kier alpha value is -1.61. The topological polar surface area (TPSA) is 34.0 Å². The number of aryl methyl sites for hydroxylation is 1. The standard InChI is InChI=1S/C14H18N2O/c1-10(11(2)17)15-8-12-9-16(3)14-7-5-4-6-13(12)14/h4-7,9-10,15H,8H2,1-3H3. The van der Waals surface area contributed by atoms with Crippen molar-refractivity contribution in [1.82, 2.24) is 9.88 Å². The van der Waals surface area contributed by atoms with Gasteiger partial charge in [-0.3, -0.25) is 4.79 Å². The molecule has 0 saturated carbocycles. The molecule has 0 aliphatic heterocycles. The monoisotopic (exact) mass is 230 g/mol. The summed E-state index contributed by atoms with van der Waals surface area (Å²) in [5.41, 5.74) is 2.45. The molecule has 0 aliphatic rings. The molecule has 0 aliphatic carbocycles. The third kappa shape index (κ3) is 2.39. The minimum Gasteiger partial charge on any atom is -0.350 e. The third-order valence-corrected chi connectivity index (χ3v) is 3.19. The van der Waals surface area contributed by atoms with Gasteiger partial charge in [-0.15, -0.1) is 0 Å². The summed E-state index contributed by atoms with van der Waals surface area (Å²) in [5.74, 6) is 0.172. The zero-order valence-corrected chi connectivity index (χ0v) is 10.5. The van der Waals surface area contributed by atoms with Crippen molar-refractivity contribution in [2.75, 3.05) is 0 Å². The van der Waals surface area contributed by atoms with E-state index in [1.54, 1.807) is 6.92 Å². The number of aromatic nitrogens is 1. The minimum atomic E-state index is -0.0889. The second-order valence-corrected chi connectivity index (χ2v) is 4.50. The molecular formula is C14H18N2O. The van der Waals surface area contributed by atoms with E-state index in [1.165, 1.54) is 16.5 Å². The summed E-state index contributed by atoms with van der Waals surface area (Å²) in [5, 5.41) is 4.49. The number of nitrogens with zero attached hydrogens (tertiary/aromatic N) is 1. The first-order valence-electron chi connectivity index (χ1n) is 5.86. The molecule has 90 valence electrons. The fourth-order valence-electron chi connectivity index (χ4n) is 1.97. The molecule has 0 saturated heterocycles. The molecule has 2 rings (SSSR count). The summed E-state index contributed by atoms with van der Waals surface area (Å²) in [7, 11) is 2.04. The molecule has 0 bridgehead atoms. The molecule has 1 heterocycles. The number of rotatable bonds is 4. The molecule has 17 heavy (non-hydrogen) atoms. The van der Waals surface area contributed by atoms with Gasteiger partial charge in [-0.1, -0.05) is 18.2 Å². The van der Waals surface area contributed by atoms with Crippen molar-refractivity contribution in [1.29, 1.82) is 0 Å². The predicted octanol–water partition coefficient (Wildman–Crippen LogP) is 2.25. The number of Topliss-reactive ketones (excluding diaryl/α,β-unsaturated/α-hetero) is 1. The lowest BCUT2D eigenvalue weighted by Gasteiger charge is -2.09. The fraction of sp³-hybridized carbons (Fsp3) is 0.357. The Morgan fingerprint density at radius 2 is 2.12 bits per heavy atom. The Morgan fingerprint density at radius 1 is 1.41 bits per heavy atom. The van der Waals surface area contributed by atoms with Crippen LogP contribution in [0.15, 0.2) is 30.5 Å². The third-order valence-electron chi connectivity index (χ3n) is 3.19. The number of fused-ring (bicyclic) bond motifs is 1. The Bertz CT molecular complexity index is 542. The highest BCUT2D eigenvalue weighted by Crippen LogP contribution is 2.19. The first-order chi connectivity index (χ1) is 8.09. The van der Waals surface area contributed by atoms with Gasteiger partial charge < -0.3 is 9.88 Å². The van der Waals surface area contributed by atoms with Crippen molar-refractivity contribution in [2.24, 2.45) is 7.05 Å². The Labute approximate surface area is 101 Å². The van der Waals surface area contributed by atoms with Crippen LogP contribution in [0.4, 0.5) is 0 Å². The van der Waals surface area contributed by atoms with E-state index in [0.717, 1.165) is 6.54 Å². The van der Waals surface area contributed by atoms with Gasteiger partial charge in [-0.05, 0) is 25.5 Å². The van der Waals surface area contributed by atoms with E-state index in [-0.39, 0.29) is 11.8 Å². The number of carbonyl (C=O) groups excluding carboxylic acids is 1. The average Bonchev–Trinajstić information content (AvgIpc) is 2.64. The zero-order valence-electron chi connectivity index (χ0n) is 10.5. The van der Waals surface area contributed by atoms with Crippen LogP contribution >= 0.6 is 0 Å². The van der Waals surface area contributed by atoms with Crippen LogP contribution < -0.4 is 5.32 Å². The van der Waals surface area contributed by atoms with Crippen molar-refractivity contribution in [2.45, 2.75) is 26.4 Å². The lowest BCUT2D eigenvalue weighted by molar-refractivity contribution is -0.118. The summed E-state index contributed by atoms with van der Waals surface area (Å²) in [6.07, 6.45) is 2.12. The van der Waals surface area contributed by atoms with Crippen molar-refractivity contribution in [3.8, 4) is 0 Å². The smallest absolute Gasteiger partial charge is 0.146 e. The van der Waals surface area contributed by atoms with E-state index in [0.29, 0.717) is 0 Å². The quantitative estimate of drug-likeness (QED) is 0.874. The van der Waals surface area contributed by atoms with Crippen LogP contribution in [0.5, 0.6) is 0 Å². The highest BCUT2D eigenvalue weighted by molar-refractivity contribution is 5.84. The van der Waals surface area contributed by atoms with Gasteiger partial charge in [-0.25, -0.2) is 0 Å². The number of para-hydroxylation sites is 1. The summed E-state index contributed by atoms with van der Waals surface area (Å²) >= 11 is 0. The fourth-order valence-corrected chi connectivity index (χ4v) is 1.97. The second-order valence-electron chi connectivity index (χ2n) is 4.50. The molecule has 1 aromatic heterocycles. The van der Waals surface area contributed by atoms with Crippen LogP contribution in [0.2, 0.25) is 0 Å². The number of hydrogen-bond donors (Lipinski definition) is 1. The average molecular weight is 230 g/mol. The summed E-state index contributed by atoms with van der Waals surface area (Å²) in [4.78, 5) is 11.2. The second kappa shape index (κ2) is 4.72. The van der Waals surface area contributed by atoms with E-state index in [2.05, 4.69) is 28.2 Å². The van der Waals surface area contributed by atoms with Crippen LogP contribution in [0.3, 0.4) is 0 Å². The van der Waals surface area contributed by atoms with E-state index in [4.69, 9.17) is 0 Å². The van der Waals surface area contributed by atoms with Crippen molar-refractivity contribution in [3.63, 3.8) is 0 Å². The number of carbonyl (C=O) groups is 1. The number of nitrogens with one attached hydrogen (secondary N) is 1. The highest BCUT2D eigenvalue weighted by atomic mass is 16.1. The van der Waals surface area contributed by atoms with Gasteiger partial charge in [0, 0.05) is 30.7 Å². The number of ketones is 1. The number of benzene rings is 1. The van der Waals surface area contributed by atoms with E-state index < -0.39 is 0 Å². The van der Waals surface area contributed by atoms with Gasteiger partial charge in [0.1, 0.15) is 5.78 Å². The molecule has 1 unspecified atom stereocenters. The van der Waals surface area contributed by atoms with E-state index in [9.17, 15) is 4.79 Å². The molecule has 0 amide bonds. The van der Waals surface area contributed by atoms with Gasteiger partial charge in [-0.2, -0.15) is 0 Å². The summed E-state index contributed by atoms with van der Waals surface area (Å²) < 4.78 is 2.12. The number of hydrogen-bond acceptors (Lipinski definition) is 2. The van der Waals surface area contributed by atoms with Gasteiger partial charge in [0.2, 0.25) is 0 Å². The molecule has 0 fully saturated rings. The van der Waals surface area contributed by atoms with Crippen LogP contribution in [0.25, 0.3) is 10.9 Å². The molecule has 0 spiro atoms. The molecule has 1 atom stereocenters. The van der Waals surface area contributed by atoms with Gasteiger partial charge in [0.25, 0.3) is 0 Å². The predicted molar refractivity (Wildman–Crippen MR) is 69.9 cm³/mol. The Morgan fingerprint density at radius 3 is 2.82 bits per heavy atom. The lowest BCUT2D eigenvalue weighted by Crippen LogP contribution is -2.31. The van der Waals surface area contributed by atoms with Gasteiger partial charge in [0.05, 0.1) is 6.04 Å². The summed E-state index contributed by atoms with van der Waals surface area (Å²) in [6.45, 7) is 4.23. The summed E-state index contributed by atoms with van der Waals surface area (Å²) in [6, 6.07) is 8.21. The molecule has 1 aromatic carbocycles. The maximum atomic E-state index is 11.2. The maximum absolute atomic E-state index is 11.2. The normalized spacial score (nSPS) is 12.9. The largest absolute Gasteiger partial charge is 0.350 e. The van der Waals surface area contributed by atoms with Gasteiger partial charge >= 0.3 is 0 Å². The first-order valence-corrected chi connectivity index (χ1v) is 5.86. The van der Waals surface area contributed by atoms with Crippen molar-refractivity contribution in [3.05, 3.63) is 36.0 Å². The minimum absolute atomic E-state index is 0.0889. The Kier molecular flexibility index (Phi) is 3.29. The highest BCUT2D eigenvalue weighted by Gasteiger charge is 2.09. The lowest BCUT2D eigenvalue weighted by atomic mass is 10.1. The van der Waals surface area contributed by atoms with E-state index in [1.807, 2.05) is 26.1 Å². The van der Waals surface area contributed by atoms with Crippen LogP contribution in [0, 0.1) is 0 Å². The van der Waals surface area contributed by atoms with Crippen LogP contribution in [-0.4, -0.2) is 16.4 Å². The zero-order chi connectivity index (χ0) is 12.4. The maximum Gasteiger partial charge on any atom is 0.146 e.